The van der Waals surface area contributed by atoms with E-state index in [1.54, 1.807) is 25.3 Å². The van der Waals surface area contributed by atoms with Gasteiger partial charge in [-0.05, 0) is 24.6 Å². The lowest BCUT2D eigenvalue weighted by Crippen LogP contribution is -2.07. The molecule has 0 aliphatic heterocycles. The van der Waals surface area contributed by atoms with E-state index in [-0.39, 0.29) is 5.78 Å². The smallest absolute Gasteiger partial charge is 0.169 e. The Kier molecular flexibility index (Phi) is 3.85. The molecule has 0 aliphatic carbocycles. The van der Waals surface area contributed by atoms with E-state index in [9.17, 15) is 4.79 Å². The molecule has 98 valence electrons. The van der Waals surface area contributed by atoms with Crippen LogP contribution in [-0.2, 0) is 6.42 Å². The van der Waals surface area contributed by atoms with Crippen molar-refractivity contribution in [1.29, 1.82) is 0 Å². The molecule has 2 N–H and O–H groups in total. The quantitative estimate of drug-likeness (QED) is 0.675. The molecular formula is C16H17NO2. The first-order valence-electron chi connectivity index (χ1n) is 6.12. The first-order chi connectivity index (χ1) is 9.10. The number of Topliss-reactive ketones (excluding diaryl/α,β-unsaturated/α-hetero) is 1. The van der Waals surface area contributed by atoms with Crippen molar-refractivity contribution in [3.63, 3.8) is 0 Å². The van der Waals surface area contributed by atoms with Gasteiger partial charge in [0.05, 0.1) is 7.11 Å². The van der Waals surface area contributed by atoms with Crippen LogP contribution in [0.15, 0.2) is 42.5 Å². The molecule has 0 heterocycles. The van der Waals surface area contributed by atoms with E-state index in [1.807, 2.05) is 31.2 Å². The Morgan fingerprint density at radius 1 is 1.21 bits per heavy atom. The normalized spacial score (nSPS) is 10.2. The zero-order valence-corrected chi connectivity index (χ0v) is 11.1. The largest absolute Gasteiger partial charge is 0.497 e. The van der Waals surface area contributed by atoms with Crippen LogP contribution < -0.4 is 10.5 Å². The second-order valence-corrected chi connectivity index (χ2v) is 4.54. The van der Waals surface area contributed by atoms with E-state index in [0.717, 1.165) is 11.1 Å². The Morgan fingerprint density at radius 3 is 2.63 bits per heavy atom. The summed E-state index contributed by atoms with van der Waals surface area (Å²) in [4.78, 5) is 12.2. The Balaban J connectivity index is 2.20. The minimum atomic E-state index is 0.0192. The second-order valence-electron chi connectivity index (χ2n) is 4.54. The van der Waals surface area contributed by atoms with Crippen LogP contribution in [0.1, 0.15) is 21.5 Å². The van der Waals surface area contributed by atoms with Crippen molar-refractivity contribution in [2.45, 2.75) is 13.3 Å². The summed E-state index contributed by atoms with van der Waals surface area (Å²) in [6, 6.07) is 13.1. The summed E-state index contributed by atoms with van der Waals surface area (Å²) in [5, 5.41) is 0. The third kappa shape index (κ3) is 3.13. The summed E-state index contributed by atoms with van der Waals surface area (Å²) >= 11 is 0. The number of nitrogens with two attached hydrogens (primary N) is 1. The van der Waals surface area contributed by atoms with Crippen molar-refractivity contribution in [1.82, 2.24) is 0 Å². The molecule has 0 amide bonds. The van der Waals surface area contributed by atoms with Gasteiger partial charge in [0.25, 0.3) is 0 Å². The van der Waals surface area contributed by atoms with Crippen LogP contribution in [-0.4, -0.2) is 12.9 Å². The van der Waals surface area contributed by atoms with Gasteiger partial charge in [-0.1, -0.05) is 29.8 Å². The maximum Gasteiger partial charge on any atom is 0.169 e. The minimum Gasteiger partial charge on any atom is -0.497 e. The molecule has 0 aromatic heterocycles. The highest BCUT2D eigenvalue weighted by Gasteiger charge is 2.11. The average Bonchev–Trinajstić information content (AvgIpc) is 2.38. The standard InChI is InChI=1S/C16H17NO2/c1-11-4-3-5-12(8-11)9-16(18)14-7-6-13(19-2)10-15(14)17/h3-8,10H,9,17H2,1-2H3. The molecule has 3 heteroatoms. The molecule has 2 aromatic carbocycles. The number of hydrogen-bond donors (Lipinski definition) is 1. The first kappa shape index (κ1) is 13.1. The number of nitrogen functional groups attached to an aromatic ring is 1. The van der Waals surface area contributed by atoms with E-state index in [4.69, 9.17) is 10.5 Å². The van der Waals surface area contributed by atoms with Crippen LogP contribution in [0.5, 0.6) is 5.75 Å². The number of methoxy groups -OCH3 is 1. The molecule has 2 rings (SSSR count). The first-order valence-corrected chi connectivity index (χ1v) is 6.12. The van der Waals surface area contributed by atoms with Crippen molar-refractivity contribution in [3.05, 3.63) is 59.2 Å². The summed E-state index contributed by atoms with van der Waals surface area (Å²) in [6.45, 7) is 2.01. The van der Waals surface area contributed by atoms with Crippen LogP contribution in [0.25, 0.3) is 0 Å². The van der Waals surface area contributed by atoms with E-state index in [0.29, 0.717) is 23.4 Å². The molecule has 0 atom stereocenters. The summed E-state index contributed by atoms with van der Waals surface area (Å²) in [5.41, 5.74) is 9.03. The lowest BCUT2D eigenvalue weighted by molar-refractivity contribution is 0.0994. The third-order valence-corrected chi connectivity index (χ3v) is 3.01. The number of rotatable bonds is 4. The summed E-state index contributed by atoms with van der Waals surface area (Å²) < 4.78 is 5.07. The number of carbonyl (C=O) groups is 1. The Bertz CT molecular complexity index is 605. The fourth-order valence-corrected chi connectivity index (χ4v) is 2.02. The molecule has 3 nitrogen and oxygen atoms in total. The molecular weight excluding hydrogens is 238 g/mol. The maximum atomic E-state index is 12.2. The van der Waals surface area contributed by atoms with Crippen LogP contribution in [0.4, 0.5) is 5.69 Å². The van der Waals surface area contributed by atoms with Crippen molar-refractivity contribution in [2.75, 3.05) is 12.8 Å². The zero-order valence-electron chi connectivity index (χ0n) is 11.1. The molecule has 0 spiro atoms. The highest BCUT2D eigenvalue weighted by molar-refractivity contribution is 6.02. The number of carbonyl (C=O) groups excluding carboxylic acids is 1. The van der Waals surface area contributed by atoms with E-state index in [2.05, 4.69) is 0 Å². The number of benzene rings is 2. The minimum absolute atomic E-state index is 0.0192. The predicted molar refractivity (Wildman–Crippen MR) is 76.6 cm³/mol. The Labute approximate surface area is 113 Å². The number of ether oxygens (including phenoxy) is 1. The van der Waals surface area contributed by atoms with Crippen LogP contribution in [0.2, 0.25) is 0 Å². The molecule has 0 fully saturated rings. The lowest BCUT2D eigenvalue weighted by Gasteiger charge is -2.07. The van der Waals surface area contributed by atoms with Gasteiger partial charge in [0, 0.05) is 23.7 Å². The molecule has 2 aromatic rings. The predicted octanol–water partition coefficient (Wildman–Crippen LogP) is 3.01. The lowest BCUT2D eigenvalue weighted by atomic mass is 10.0. The van der Waals surface area contributed by atoms with E-state index in [1.165, 1.54) is 0 Å². The van der Waals surface area contributed by atoms with Gasteiger partial charge in [0.15, 0.2) is 5.78 Å². The summed E-state index contributed by atoms with van der Waals surface area (Å²) in [5.74, 6) is 0.676. The van der Waals surface area contributed by atoms with E-state index < -0.39 is 0 Å². The van der Waals surface area contributed by atoms with Crippen LogP contribution >= 0.6 is 0 Å². The molecule has 0 saturated heterocycles. The fourth-order valence-electron chi connectivity index (χ4n) is 2.02. The number of anilines is 1. The van der Waals surface area contributed by atoms with Gasteiger partial charge in [-0.2, -0.15) is 0 Å². The van der Waals surface area contributed by atoms with E-state index >= 15 is 0 Å². The highest BCUT2D eigenvalue weighted by atomic mass is 16.5. The van der Waals surface area contributed by atoms with Gasteiger partial charge in [-0.3, -0.25) is 4.79 Å². The monoisotopic (exact) mass is 255 g/mol. The topological polar surface area (TPSA) is 52.3 Å². The van der Waals surface area contributed by atoms with Crippen molar-refractivity contribution < 1.29 is 9.53 Å². The zero-order chi connectivity index (χ0) is 13.8. The van der Waals surface area contributed by atoms with Gasteiger partial charge in [-0.25, -0.2) is 0 Å². The summed E-state index contributed by atoms with van der Waals surface area (Å²) in [6.07, 6.45) is 0.359. The van der Waals surface area contributed by atoms with Crippen LogP contribution in [0, 0.1) is 6.92 Å². The van der Waals surface area contributed by atoms with Gasteiger partial charge >= 0.3 is 0 Å². The maximum absolute atomic E-state index is 12.2. The number of hydrogen-bond acceptors (Lipinski definition) is 3. The summed E-state index contributed by atoms with van der Waals surface area (Å²) in [7, 11) is 1.57. The molecule has 0 unspecified atom stereocenters. The fraction of sp³-hybridized carbons (Fsp3) is 0.188. The molecule has 0 saturated carbocycles. The SMILES string of the molecule is COc1ccc(C(=O)Cc2cccc(C)c2)c(N)c1. The highest BCUT2D eigenvalue weighted by Crippen LogP contribution is 2.21. The molecule has 0 radical (unpaired) electrons. The number of aryl methyl sites for hydroxylation is 1. The van der Waals surface area contributed by atoms with Gasteiger partial charge in [0.1, 0.15) is 5.75 Å². The van der Waals surface area contributed by atoms with Crippen molar-refractivity contribution >= 4 is 11.5 Å². The molecule has 0 bridgehead atoms. The van der Waals surface area contributed by atoms with Gasteiger partial charge in [-0.15, -0.1) is 0 Å². The molecule has 19 heavy (non-hydrogen) atoms. The average molecular weight is 255 g/mol. The number of ketones is 1. The van der Waals surface area contributed by atoms with Gasteiger partial charge in [0.2, 0.25) is 0 Å². The third-order valence-electron chi connectivity index (χ3n) is 3.01. The second kappa shape index (κ2) is 5.57. The Morgan fingerprint density at radius 2 is 2.00 bits per heavy atom. The van der Waals surface area contributed by atoms with Gasteiger partial charge < -0.3 is 10.5 Å². The Hall–Kier alpha value is -2.29. The van der Waals surface area contributed by atoms with Crippen molar-refractivity contribution in [2.24, 2.45) is 0 Å². The molecule has 0 aliphatic rings. The van der Waals surface area contributed by atoms with Crippen molar-refractivity contribution in [3.8, 4) is 5.75 Å². The van der Waals surface area contributed by atoms with Crippen LogP contribution in [0.3, 0.4) is 0 Å².